The Morgan fingerprint density at radius 1 is 0.855 bits per heavy atom. The van der Waals surface area contributed by atoms with Crippen LogP contribution in [0.4, 0.5) is 32.0 Å². The van der Waals surface area contributed by atoms with Crippen molar-refractivity contribution in [2.75, 3.05) is 11.4 Å². The zero-order valence-electron chi connectivity index (χ0n) is 29.2. The molecule has 55 heavy (non-hydrogen) atoms. The normalized spacial score (nSPS) is 14.4. The Morgan fingerprint density at radius 2 is 1.51 bits per heavy atom. The summed E-state index contributed by atoms with van der Waals surface area (Å²) in [6.07, 6.45) is 2.49. The van der Waals surface area contributed by atoms with Crippen molar-refractivity contribution in [3.8, 4) is 11.5 Å². The van der Waals surface area contributed by atoms with Gasteiger partial charge in [0.25, 0.3) is 0 Å². The number of carboxylic acids is 1. The molecule has 0 aromatic heterocycles. The van der Waals surface area contributed by atoms with Crippen molar-refractivity contribution in [3.05, 3.63) is 117 Å². The predicted molar refractivity (Wildman–Crippen MR) is 188 cm³/mol. The Balaban J connectivity index is 1.49. The molecule has 1 N–H and O–H groups in total. The summed E-state index contributed by atoms with van der Waals surface area (Å²) < 4.78 is 127. The van der Waals surface area contributed by atoms with Crippen LogP contribution in [-0.2, 0) is 27.9 Å². The van der Waals surface area contributed by atoms with Crippen molar-refractivity contribution < 1.29 is 58.9 Å². The Morgan fingerprint density at radius 3 is 2.09 bits per heavy atom. The highest BCUT2D eigenvalue weighted by molar-refractivity contribution is 7.89. The second kappa shape index (κ2) is 15.7. The first kappa shape index (κ1) is 39.9. The minimum Gasteiger partial charge on any atom is -0.491 e. The van der Waals surface area contributed by atoms with Gasteiger partial charge >= 0.3 is 5.97 Å². The molecule has 2 fully saturated rings. The first-order valence-electron chi connectivity index (χ1n) is 17.0. The number of hydrogen-bond acceptors (Lipinski definition) is 6. The summed E-state index contributed by atoms with van der Waals surface area (Å²) in [5, 5.41) is 9.35. The first-order valence-corrected chi connectivity index (χ1v) is 18.9. The highest BCUT2D eigenvalue weighted by atomic mass is 35.5. The number of anilines is 1. The van der Waals surface area contributed by atoms with Crippen LogP contribution in [0.15, 0.2) is 59.5 Å². The van der Waals surface area contributed by atoms with Crippen molar-refractivity contribution in [2.24, 2.45) is 0 Å². The highest BCUT2D eigenvalue weighted by Gasteiger charge is 2.39. The number of hydrogen-bond donors (Lipinski definition) is 1. The lowest BCUT2D eigenvalue weighted by Gasteiger charge is -2.29. The van der Waals surface area contributed by atoms with Gasteiger partial charge in [0.05, 0.1) is 36.5 Å². The van der Waals surface area contributed by atoms with E-state index in [1.807, 2.05) is 26.0 Å². The summed E-state index contributed by atoms with van der Waals surface area (Å²) in [4.78, 5) is 25.4. The zero-order valence-corrected chi connectivity index (χ0v) is 30.8. The molecular formula is C38H33ClF6N2O7S. The van der Waals surface area contributed by atoms with Crippen molar-refractivity contribution in [3.63, 3.8) is 0 Å². The third-order valence-corrected chi connectivity index (χ3v) is 11.0. The molecule has 2 aliphatic rings. The molecule has 0 atom stereocenters. The molecule has 1 amide bonds. The van der Waals surface area contributed by atoms with Crippen molar-refractivity contribution in [2.45, 2.75) is 75.6 Å². The Kier molecular flexibility index (Phi) is 11.4. The first-order chi connectivity index (χ1) is 25.9. The van der Waals surface area contributed by atoms with Gasteiger partial charge < -0.3 is 19.5 Å². The largest absolute Gasteiger partial charge is 0.491 e. The van der Waals surface area contributed by atoms with Crippen LogP contribution in [0.2, 0.25) is 5.02 Å². The molecule has 4 aromatic rings. The molecule has 0 heterocycles. The smallest absolute Gasteiger partial charge is 0.335 e. The lowest BCUT2D eigenvalue weighted by molar-refractivity contribution is -0.119. The van der Waals surface area contributed by atoms with Gasteiger partial charge in [0, 0.05) is 11.6 Å². The molecular weight excluding hydrogens is 778 g/mol. The van der Waals surface area contributed by atoms with E-state index < -0.39 is 74.8 Å². The van der Waals surface area contributed by atoms with E-state index in [-0.39, 0.29) is 56.6 Å². The second-order valence-corrected chi connectivity index (χ2v) is 15.8. The monoisotopic (exact) mass is 810 g/mol. The summed E-state index contributed by atoms with van der Waals surface area (Å²) in [5.74, 6) is -15.6. The Bertz CT molecular complexity index is 2260. The quantitative estimate of drug-likeness (QED) is 0.0728. The minimum absolute atomic E-state index is 0.0153. The summed E-state index contributed by atoms with van der Waals surface area (Å²) in [6.45, 7) is 1.04. The minimum atomic E-state index is -5.79. The van der Waals surface area contributed by atoms with Gasteiger partial charge in [0.1, 0.15) is 17.3 Å². The van der Waals surface area contributed by atoms with Crippen LogP contribution in [-0.4, -0.2) is 48.5 Å². The summed E-state index contributed by atoms with van der Waals surface area (Å²) >= 11 is 6.17. The molecule has 0 unspecified atom stereocenters. The number of benzene rings is 4. The van der Waals surface area contributed by atoms with E-state index in [2.05, 4.69) is 0 Å². The number of aromatic carboxylic acids is 1. The highest BCUT2D eigenvalue weighted by Crippen LogP contribution is 2.43. The fourth-order valence-corrected chi connectivity index (χ4v) is 7.54. The fraction of sp³-hybridized carbons (Fsp3) is 0.316. The molecule has 0 bridgehead atoms. The van der Waals surface area contributed by atoms with Gasteiger partial charge in [0.2, 0.25) is 21.7 Å². The number of carbonyl (C=O) groups is 2. The standard InChI is InChI=1S/C38H33ClF6N2O7S/c1-19(2)53-27-12-20(11-24(13-27)21-3-4-21)16-47(29-10-6-22(38(49)50)14-30(29)54-26-8-9-26)31(48)18-46(17-23-5-7-25(40)15-28(23)39)55(51,52)37-35(44)33(42)32(41)34(43)36(37)45/h5-7,10-15,19,21,26H,3-4,8-9,16-18H2,1-2H3,(H,49,50). The van der Waals surface area contributed by atoms with Crippen molar-refractivity contribution >= 4 is 39.2 Å². The lowest BCUT2D eigenvalue weighted by atomic mass is 10.0. The number of nitrogens with zero attached hydrogens (tertiary/aromatic N) is 2. The van der Waals surface area contributed by atoms with E-state index in [1.54, 1.807) is 6.07 Å². The number of carboxylic acid groups (broad SMARTS) is 1. The van der Waals surface area contributed by atoms with E-state index in [9.17, 15) is 40.7 Å². The van der Waals surface area contributed by atoms with Gasteiger partial charge in [-0.25, -0.2) is 39.6 Å². The molecule has 0 aliphatic heterocycles. The van der Waals surface area contributed by atoms with Crippen molar-refractivity contribution in [1.82, 2.24) is 4.31 Å². The summed E-state index contributed by atoms with van der Waals surface area (Å²) in [7, 11) is -5.79. The molecule has 6 rings (SSSR count). The van der Waals surface area contributed by atoms with E-state index >= 15 is 8.78 Å². The molecule has 0 radical (unpaired) electrons. The van der Waals surface area contributed by atoms with Crippen LogP contribution < -0.4 is 14.4 Å². The SMILES string of the molecule is CC(C)Oc1cc(CN(C(=O)CN(Cc2ccc(F)cc2Cl)S(=O)(=O)c2c(F)c(F)c(F)c(F)c2F)c2ccc(C(=O)O)cc2OC2CC2)cc(C2CC2)c1. The van der Waals surface area contributed by atoms with Crippen LogP contribution in [0.1, 0.15) is 72.5 Å². The van der Waals surface area contributed by atoms with Gasteiger partial charge in [-0.15, -0.1) is 0 Å². The van der Waals surface area contributed by atoms with E-state index in [0.717, 1.165) is 41.5 Å². The fourth-order valence-electron chi connectivity index (χ4n) is 5.83. The molecule has 292 valence electrons. The number of halogens is 7. The third-order valence-electron chi connectivity index (χ3n) is 8.81. The van der Waals surface area contributed by atoms with Crippen LogP contribution in [0.3, 0.4) is 0 Å². The molecule has 0 saturated heterocycles. The van der Waals surface area contributed by atoms with Gasteiger partial charge in [-0.2, -0.15) is 4.31 Å². The van der Waals surface area contributed by atoms with Gasteiger partial charge in [-0.3, -0.25) is 4.79 Å². The molecule has 2 aliphatic carbocycles. The van der Waals surface area contributed by atoms with Crippen LogP contribution in [0, 0.1) is 34.9 Å². The summed E-state index contributed by atoms with van der Waals surface area (Å²) in [5.41, 5.74) is 0.989. The molecule has 9 nitrogen and oxygen atoms in total. The average Bonchev–Trinajstić information content (AvgIpc) is 4.05. The van der Waals surface area contributed by atoms with E-state index in [4.69, 9.17) is 21.1 Å². The zero-order chi connectivity index (χ0) is 39.9. The van der Waals surface area contributed by atoms with Gasteiger partial charge in [-0.05, 0) is 105 Å². The third kappa shape index (κ3) is 8.86. The second-order valence-electron chi connectivity index (χ2n) is 13.5. The number of amides is 1. The van der Waals surface area contributed by atoms with Crippen molar-refractivity contribution in [1.29, 1.82) is 0 Å². The van der Waals surface area contributed by atoms with Gasteiger partial charge in [-0.1, -0.05) is 23.7 Å². The van der Waals surface area contributed by atoms with Crippen LogP contribution in [0.25, 0.3) is 0 Å². The van der Waals surface area contributed by atoms with Gasteiger partial charge in [0.15, 0.2) is 28.2 Å². The topological polar surface area (TPSA) is 113 Å². The number of rotatable bonds is 15. The number of sulfonamides is 1. The van der Waals surface area contributed by atoms with E-state index in [0.29, 0.717) is 24.2 Å². The maximum absolute atomic E-state index is 15.1. The maximum atomic E-state index is 15.1. The lowest BCUT2D eigenvalue weighted by Crippen LogP contribution is -2.43. The molecule has 0 spiro atoms. The molecule has 2 saturated carbocycles. The average molecular weight is 811 g/mol. The van der Waals surface area contributed by atoms with Crippen LogP contribution >= 0.6 is 11.6 Å². The maximum Gasteiger partial charge on any atom is 0.335 e. The molecule has 17 heteroatoms. The number of carbonyl (C=O) groups excluding carboxylic acids is 1. The summed E-state index contributed by atoms with van der Waals surface area (Å²) in [6, 6.07) is 11.7. The van der Waals surface area contributed by atoms with E-state index in [1.165, 1.54) is 18.2 Å². The number of ether oxygens (including phenoxy) is 2. The Labute approximate surface area is 317 Å². The molecule has 4 aromatic carbocycles. The Hall–Kier alpha value is -4.80. The van der Waals surface area contributed by atoms with Crippen LogP contribution in [0.5, 0.6) is 11.5 Å². The predicted octanol–water partition coefficient (Wildman–Crippen LogP) is 8.50.